The number of hydrogen-bond donors (Lipinski definition) is 2. The van der Waals surface area contributed by atoms with E-state index in [0.29, 0.717) is 24.9 Å². The lowest BCUT2D eigenvalue weighted by molar-refractivity contribution is 0.0965. The Balaban J connectivity index is 1.04. The van der Waals surface area contributed by atoms with Gasteiger partial charge < -0.3 is 14.8 Å². The average Bonchev–Trinajstić information content (AvgIpc) is 3.64. The zero-order chi connectivity index (χ0) is 36.6. The Kier molecular flexibility index (Phi) is 11.7. The molecule has 52 heavy (non-hydrogen) atoms. The highest BCUT2D eigenvalue weighted by Crippen LogP contribution is 2.32. The van der Waals surface area contributed by atoms with E-state index in [9.17, 15) is 9.18 Å². The van der Waals surface area contributed by atoms with Crippen LogP contribution in [0.25, 0.3) is 11.1 Å². The number of benzene rings is 3. The Morgan fingerprint density at radius 1 is 0.962 bits per heavy atom. The number of carbonyl (C=O) groups is 1. The zero-order valence-corrected chi connectivity index (χ0v) is 30.4. The van der Waals surface area contributed by atoms with E-state index in [1.807, 2.05) is 12.1 Å². The van der Waals surface area contributed by atoms with Gasteiger partial charge in [0.15, 0.2) is 11.6 Å². The minimum atomic E-state index is -0.673. The lowest BCUT2D eigenvalue weighted by atomic mass is 9.90. The van der Waals surface area contributed by atoms with Gasteiger partial charge >= 0.3 is 6.09 Å². The number of piperazine rings is 1. The maximum Gasteiger partial charge on any atom is 0.413 e. The molecule has 1 fully saturated rings. The summed E-state index contributed by atoms with van der Waals surface area (Å²) in [5.74, 6) is 0.104. The number of rotatable bonds is 13. The summed E-state index contributed by atoms with van der Waals surface area (Å²) in [5, 5.41) is 9.90. The van der Waals surface area contributed by atoms with Crippen LogP contribution >= 0.6 is 0 Å². The van der Waals surface area contributed by atoms with Gasteiger partial charge in [-0.25, -0.2) is 23.8 Å². The van der Waals surface area contributed by atoms with Crippen molar-refractivity contribution in [1.29, 1.82) is 0 Å². The van der Waals surface area contributed by atoms with Gasteiger partial charge in [-0.1, -0.05) is 24.3 Å². The first kappa shape index (κ1) is 36.4. The fourth-order valence-corrected chi connectivity index (χ4v) is 6.23. The molecule has 5 aromatic rings. The summed E-state index contributed by atoms with van der Waals surface area (Å²) in [6.45, 7) is 16.5. The van der Waals surface area contributed by atoms with Crippen molar-refractivity contribution < 1.29 is 18.7 Å². The Hall–Kier alpha value is -5.40. The van der Waals surface area contributed by atoms with Crippen LogP contribution in [0.15, 0.2) is 73.4 Å². The van der Waals surface area contributed by atoms with Gasteiger partial charge in [-0.3, -0.25) is 15.1 Å². The molecule has 13 heteroatoms. The first-order valence-corrected chi connectivity index (χ1v) is 17.6. The Labute approximate surface area is 304 Å². The first-order valence-electron chi connectivity index (χ1n) is 17.6. The van der Waals surface area contributed by atoms with Gasteiger partial charge in [0, 0.05) is 56.7 Å². The van der Waals surface area contributed by atoms with Crippen LogP contribution in [-0.4, -0.2) is 86.0 Å². The molecule has 1 aliphatic rings. The highest BCUT2D eigenvalue weighted by molar-refractivity contribution is 5.83. The van der Waals surface area contributed by atoms with Crippen LogP contribution in [0, 0.1) is 26.6 Å². The number of amides is 1. The molecule has 3 aromatic carbocycles. The van der Waals surface area contributed by atoms with E-state index in [2.05, 4.69) is 93.3 Å². The van der Waals surface area contributed by atoms with Crippen LogP contribution < -0.4 is 15.4 Å². The Morgan fingerprint density at radius 3 is 2.54 bits per heavy atom. The van der Waals surface area contributed by atoms with Crippen molar-refractivity contribution in [3.05, 3.63) is 107 Å². The summed E-state index contributed by atoms with van der Waals surface area (Å²) in [7, 11) is 0. The number of halogens is 1. The molecule has 3 heterocycles. The van der Waals surface area contributed by atoms with Crippen molar-refractivity contribution in [2.45, 2.75) is 53.8 Å². The molecule has 272 valence electrons. The molecule has 2 N–H and O–H groups in total. The van der Waals surface area contributed by atoms with Gasteiger partial charge in [-0.15, -0.1) is 0 Å². The zero-order valence-electron chi connectivity index (χ0n) is 30.4. The van der Waals surface area contributed by atoms with Crippen molar-refractivity contribution in [1.82, 2.24) is 34.5 Å². The Morgan fingerprint density at radius 2 is 1.79 bits per heavy atom. The van der Waals surface area contributed by atoms with E-state index < -0.39 is 11.9 Å². The van der Waals surface area contributed by atoms with Crippen LogP contribution in [-0.2, 0) is 17.9 Å². The maximum atomic E-state index is 14.9. The lowest BCUT2D eigenvalue weighted by Gasteiger charge is -2.36. The minimum absolute atomic E-state index is 0.0375. The minimum Gasteiger partial charge on any atom is -0.489 e. The van der Waals surface area contributed by atoms with Gasteiger partial charge in [0.1, 0.15) is 31.7 Å². The van der Waals surface area contributed by atoms with Crippen molar-refractivity contribution in [3.63, 3.8) is 0 Å². The second-order valence-electron chi connectivity index (χ2n) is 13.3. The average molecular weight is 708 g/mol. The van der Waals surface area contributed by atoms with Crippen LogP contribution in [0.4, 0.5) is 26.6 Å². The number of hydrogen-bond acceptors (Lipinski definition) is 10. The van der Waals surface area contributed by atoms with Gasteiger partial charge in [0.05, 0.1) is 6.54 Å². The standard InChI is InChI=1S/C39H46FN9O3/c1-26(2)48-16-14-47(15-17-48)18-19-51-36-11-9-32(21-35(36)40)44-38-42-13-12-37(45-38)46-39(50)52-23-31-8-7-30(22-49-25-41-24-43-49)20-34(31)33-10-6-27(3)28(4)29(33)5/h6-13,20-21,24-26H,14-19,22-23H2,1-5H3,(H2,42,44,45,46,50). The molecule has 6 rings (SSSR count). The SMILES string of the molecule is Cc1ccc(-c2cc(Cn3cncn3)ccc2COC(=O)Nc2ccnc(Nc3ccc(OCCN4CCN(C(C)C)CC4)c(F)c3)n2)c(C)c1C. The van der Waals surface area contributed by atoms with Gasteiger partial charge in [0.2, 0.25) is 5.95 Å². The van der Waals surface area contributed by atoms with E-state index in [-0.39, 0.29) is 24.1 Å². The van der Waals surface area contributed by atoms with Gasteiger partial charge in [-0.2, -0.15) is 10.1 Å². The molecule has 0 bridgehead atoms. The lowest BCUT2D eigenvalue weighted by Crippen LogP contribution is -2.49. The van der Waals surface area contributed by atoms with Gasteiger partial charge in [-0.05, 0) is 97.8 Å². The number of aryl methyl sites for hydroxylation is 1. The molecule has 1 saturated heterocycles. The third kappa shape index (κ3) is 9.28. The van der Waals surface area contributed by atoms with Crippen LogP contribution in [0.5, 0.6) is 5.75 Å². The summed E-state index contributed by atoms with van der Waals surface area (Å²) >= 11 is 0. The number of carbonyl (C=O) groups excluding carboxylic acids is 1. The van der Waals surface area contributed by atoms with Crippen LogP contribution in [0.1, 0.15) is 41.7 Å². The molecular formula is C39H46FN9O3. The van der Waals surface area contributed by atoms with E-state index in [1.54, 1.807) is 29.2 Å². The van der Waals surface area contributed by atoms with Crippen LogP contribution in [0.2, 0.25) is 0 Å². The molecule has 12 nitrogen and oxygen atoms in total. The van der Waals surface area contributed by atoms with Crippen molar-refractivity contribution >= 4 is 23.5 Å². The molecule has 0 unspecified atom stereocenters. The highest BCUT2D eigenvalue weighted by atomic mass is 19.1. The van der Waals surface area contributed by atoms with Crippen LogP contribution in [0.3, 0.4) is 0 Å². The fourth-order valence-electron chi connectivity index (χ4n) is 6.23. The van der Waals surface area contributed by atoms with E-state index in [1.165, 1.54) is 29.7 Å². The van der Waals surface area contributed by atoms with Crippen molar-refractivity contribution in [2.75, 3.05) is 50.0 Å². The fraction of sp³-hybridized carbons (Fsp3) is 0.359. The maximum absolute atomic E-state index is 14.9. The largest absolute Gasteiger partial charge is 0.489 e. The predicted molar refractivity (Wildman–Crippen MR) is 199 cm³/mol. The molecule has 0 saturated carbocycles. The number of anilines is 3. The summed E-state index contributed by atoms with van der Waals surface area (Å²) in [4.78, 5) is 30.4. The molecule has 0 radical (unpaired) electrons. The molecule has 0 atom stereocenters. The molecule has 0 spiro atoms. The highest BCUT2D eigenvalue weighted by Gasteiger charge is 2.19. The molecule has 0 aliphatic carbocycles. The summed E-state index contributed by atoms with van der Waals surface area (Å²) in [5.41, 5.74) is 7.97. The van der Waals surface area contributed by atoms with E-state index >= 15 is 0 Å². The Bertz CT molecular complexity index is 1980. The number of nitrogens with zero attached hydrogens (tertiary/aromatic N) is 7. The molecular weight excluding hydrogens is 661 g/mol. The van der Waals surface area contributed by atoms with E-state index in [0.717, 1.165) is 60.5 Å². The van der Waals surface area contributed by atoms with E-state index in [4.69, 9.17) is 9.47 Å². The second-order valence-corrected chi connectivity index (χ2v) is 13.3. The number of aromatic nitrogens is 5. The smallest absolute Gasteiger partial charge is 0.413 e. The third-order valence-corrected chi connectivity index (χ3v) is 9.57. The third-order valence-electron chi connectivity index (χ3n) is 9.57. The summed E-state index contributed by atoms with van der Waals surface area (Å²) in [6, 6.07) is 17.0. The normalized spacial score (nSPS) is 13.7. The number of ether oxygens (including phenoxy) is 2. The summed E-state index contributed by atoms with van der Waals surface area (Å²) in [6.07, 6.45) is 4.01. The molecule has 1 aliphatic heterocycles. The molecule has 2 aromatic heterocycles. The molecule has 1 amide bonds. The summed E-state index contributed by atoms with van der Waals surface area (Å²) < 4.78 is 28.1. The van der Waals surface area contributed by atoms with Gasteiger partial charge in [0.25, 0.3) is 0 Å². The number of nitrogens with one attached hydrogen (secondary N) is 2. The quantitative estimate of drug-likeness (QED) is 0.136. The first-order chi connectivity index (χ1) is 25.1. The topological polar surface area (TPSA) is 123 Å². The van der Waals surface area contributed by atoms with Crippen molar-refractivity contribution in [2.24, 2.45) is 0 Å². The predicted octanol–water partition coefficient (Wildman–Crippen LogP) is 6.74. The monoisotopic (exact) mass is 707 g/mol. The van der Waals surface area contributed by atoms with Crippen molar-refractivity contribution in [3.8, 4) is 16.9 Å². The second kappa shape index (κ2) is 16.7.